The van der Waals surface area contributed by atoms with Crippen LogP contribution >= 0.6 is 23.4 Å². The van der Waals surface area contributed by atoms with Gasteiger partial charge in [-0.3, -0.25) is 14.2 Å². The number of fused-ring (bicyclic) bond motifs is 1. The van der Waals surface area contributed by atoms with E-state index in [0.717, 1.165) is 0 Å². The van der Waals surface area contributed by atoms with Gasteiger partial charge in [0.05, 0.1) is 28.8 Å². The molecule has 0 aliphatic carbocycles. The minimum Gasteiger partial charge on any atom is -0.495 e. The monoisotopic (exact) mass is 446 g/mol. The molecule has 0 atom stereocenters. The number of halogens is 1. The first kappa shape index (κ1) is 22.3. The molecule has 0 unspecified atom stereocenters. The lowest BCUT2D eigenvalue weighted by Gasteiger charge is -2.13. The number of ketones is 1. The summed E-state index contributed by atoms with van der Waals surface area (Å²) in [7, 11) is 1.52. The van der Waals surface area contributed by atoms with Crippen LogP contribution in [0.1, 0.15) is 23.7 Å². The number of hydrogen-bond acceptors (Lipinski definition) is 6. The van der Waals surface area contributed by atoms with Crippen molar-refractivity contribution in [2.45, 2.75) is 25.0 Å². The second-order valence-corrected chi connectivity index (χ2v) is 7.83. The highest BCUT2D eigenvalue weighted by Crippen LogP contribution is 2.26. The fourth-order valence-electron chi connectivity index (χ4n) is 2.98. The Hall–Kier alpha value is -2.35. The molecule has 30 heavy (non-hydrogen) atoms. The molecular weight excluding hydrogens is 424 g/mol. The second-order valence-electron chi connectivity index (χ2n) is 6.48. The van der Waals surface area contributed by atoms with Gasteiger partial charge in [0, 0.05) is 25.3 Å². The zero-order valence-electron chi connectivity index (χ0n) is 16.9. The van der Waals surface area contributed by atoms with Gasteiger partial charge in [-0.25, -0.2) is 4.98 Å². The molecule has 0 saturated carbocycles. The van der Waals surface area contributed by atoms with Gasteiger partial charge in [0.25, 0.3) is 5.56 Å². The molecular formula is C22H23ClN2O4S. The van der Waals surface area contributed by atoms with Gasteiger partial charge in [-0.05, 0) is 43.7 Å². The third kappa shape index (κ3) is 5.22. The summed E-state index contributed by atoms with van der Waals surface area (Å²) in [6.07, 6.45) is 0.684. The summed E-state index contributed by atoms with van der Waals surface area (Å²) in [4.78, 5) is 30.3. The van der Waals surface area contributed by atoms with Crippen LogP contribution in [0.25, 0.3) is 10.9 Å². The van der Waals surface area contributed by atoms with Crippen LogP contribution in [0.2, 0.25) is 5.02 Å². The van der Waals surface area contributed by atoms with Crippen LogP contribution in [0, 0.1) is 0 Å². The summed E-state index contributed by atoms with van der Waals surface area (Å²) in [5.74, 6) is 0.548. The minimum absolute atomic E-state index is 0.104. The van der Waals surface area contributed by atoms with E-state index in [1.54, 1.807) is 34.9 Å². The Labute approximate surface area is 184 Å². The standard InChI is InChI=1S/C22H23ClN2O4S/c1-3-29-12-6-11-25-21(27)16-7-4-5-8-18(16)24-22(25)30-14-19(26)15-9-10-20(28-2)17(23)13-15/h4-5,7-10,13H,3,6,11-12,14H2,1-2H3. The number of carbonyl (C=O) groups is 1. The summed E-state index contributed by atoms with van der Waals surface area (Å²) < 4.78 is 12.1. The van der Waals surface area contributed by atoms with Gasteiger partial charge in [0.2, 0.25) is 0 Å². The number of nitrogens with zero attached hydrogens (tertiary/aromatic N) is 2. The minimum atomic E-state index is -0.112. The molecule has 1 heterocycles. The summed E-state index contributed by atoms with van der Waals surface area (Å²) >= 11 is 7.38. The smallest absolute Gasteiger partial charge is 0.262 e. The van der Waals surface area contributed by atoms with Crippen molar-refractivity contribution in [1.29, 1.82) is 0 Å². The van der Waals surface area contributed by atoms with Gasteiger partial charge >= 0.3 is 0 Å². The van der Waals surface area contributed by atoms with Crippen LogP contribution in [0.3, 0.4) is 0 Å². The number of aromatic nitrogens is 2. The van der Waals surface area contributed by atoms with Gasteiger partial charge < -0.3 is 9.47 Å². The normalized spacial score (nSPS) is 11.0. The average molecular weight is 447 g/mol. The quantitative estimate of drug-likeness (QED) is 0.198. The summed E-state index contributed by atoms with van der Waals surface area (Å²) in [6, 6.07) is 12.2. The van der Waals surface area contributed by atoms with E-state index in [2.05, 4.69) is 4.98 Å². The molecule has 2 aromatic carbocycles. The number of rotatable bonds is 10. The maximum Gasteiger partial charge on any atom is 0.262 e. The fourth-order valence-corrected chi connectivity index (χ4v) is 4.15. The predicted octanol–water partition coefficient (Wildman–Crippen LogP) is 4.46. The highest BCUT2D eigenvalue weighted by molar-refractivity contribution is 7.99. The lowest BCUT2D eigenvalue weighted by Crippen LogP contribution is -2.24. The molecule has 3 aromatic rings. The Bertz CT molecular complexity index is 1100. The number of para-hydroxylation sites is 1. The van der Waals surface area contributed by atoms with E-state index in [1.807, 2.05) is 19.1 Å². The Morgan fingerprint density at radius 3 is 2.77 bits per heavy atom. The number of methoxy groups -OCH3 is 1. The fraction of sp³-hybridized carbons (Fsp3) is 0.318. The van der Waals surface area contributed by atoms with E-state index in [1.165, 1.54) is 18.9 Å². The summed E-state index contributed by atoms with van der Waals surface area (Å²) in [5.41, 5.74) is 0.991. The molecule has 0 radical (unpaired) electrons. The molecule has 158 valence electrons. The van der Waals surface area contributed by atoms with Crippen LogP contribution in [-0.4, -0.2) is 41.4 Å². The Morgan fingerprint density at radius 1 is 1.23 bits per heavy atom. The highest BCUT2D eigenvalue weighted by atomic mass is 35.5. The van der Waals surface area contributed by atoms with Crippen LogP contribution in [0.15, 0.2) is 52.4 Å². The molecule has 1 aromatic heterocycles. The van der Waals surface area contributed by atoms with Gasteiger partial charge in [-0.1, -0.05) is 35.5 Å². The van der Waals surface area contributed by atoms with Crippen molar-refractivity contribution in [3.8, 4) is 5.75 Å². The molecule has 0 spiro atoms. The summed E-state index contributed by atoms with van der Waals surface area (Å²) in [5, 5.41) is 1.46. The molecule has 0 aliphatic heterocycles. The van der Waals surface area contributed by atoms with Crippen LogP contribution in [-0.2, 0) is 11.3 Å². The molecule has 8 heteroatoms. The number of thioether (sulfide) groups is 1. The van der Waals surface area contributed by atoms with Gasteiger partial charge in [-0.15, -0.1) is 0 Å². The first-order valence-corrected chi connectivity index (χ1v) is 11.0. The Kier molecular flexibility index (Phi) is 7.90. The molecule has 0 bridgehead atoms. The topological polar surface area (TPSA) is 70.4 Å². The van der Waals surface area contributed by atoms with Crippen molar-refractivity contribution in [1.82, 2.24) is 9.55 Å². The van der Waals surface area contributed by atoms with E-state index >= 15 is 0 Å². The van der Waals surface area contributed by atoms with Crippen LogP contribution in [0.5, 0.6) is 5.75 Å². The zero-order chi connectivity index (χ0) is 21.5. The first-order valence-electron chi connectivity index (χ1n) is 9.62. The SMILES string of the molecule is CCOCCCn1c(SCC(=O)c2ccc(OC)c(Cl)c2)nc2ccccc2c1=O. The molecule has 3 rings (SSSR count). The first-order chi connectivity index (χ1) is 14.5. The molecule has 0 aliphatic rings. The lowest BCUT2D eigenvalue weighted by molar-refractivity contribution is 0.102. The molecule has 0 saturated heterocycles. The molecule has 6 nitrogen and oxygen atoms in total. The number of Topliss-reactive ketones (excluding diaryl/α,β-unsaturated/α-hetero) is 1. The van der Waals surface area contributed by atoms with Crippen molar-refractivity contribution >= 4 is 40.0 Å². The van der Waals surface area contributed by atoms with Crippen molar-refractivity contribution in [2.24, 2.45) is 0 Å². The number of benzene rings is 2. The van der Waals surface area contributed by atoms with Gasteiger partial charge in [0.15, 0.2) is 10.9 Å². The van der Waals surface area contributed by atoms with Crippen molar-refractivity contribution in [2.75, 3.05) is 26.1 Å². The number of ether oxygens (including phenoxy) is 2. The van der Waals surface area contributed by atoms with E-state index < -0.39 is 0 Å². The maximum absolute atomic E-state index is 13.0. The number of carbonyl (C=O) groups excluding carboxylic acids is 1. The van der Waals surface area contributed by atoms with Crippen molar-refractivity contribution in [3.63, 3.8) is 0 Å². The Morgan fingerprint density at radius 2 is 2.03 bits per heavy atom. The lowest BCUT2D eigenvalue weighted by atomic mass is 10.1. The third-order valence-electron chi connectivity index (χ3n) is 4.51. The van der Waals surface area contributed by atoms with E-state index in [0.29, 0.717) is 58.6 Å². The van der Waals surface area contributed by atoms with Crippen LogP contribution in [0.4, 0.5) is 0 Å². The Balaban J connectivity index is 1.83. The van der Waals surface area contributed by atoms with Gasteiger partial charge in [0.1, 0.15) is 5.75 Å². The highest BCUT2D eigenvalue weighted by Gasteiger charge is 2.15. The van der Waals surface area contributed by atoms with Crippen LogP contribution < -0.4 is 10.3 Å². The molecule has 0 N–H and O–H groups in total. The number of hydrogen-bond donors (Lipinski definition) is 0. The van der Waals surface area contributed by atoms with Gasteiger partial charge in [-0.2, -0.15) is 0 Å². The zero-order valence-corrected chi connectivity index (χ0v) is 18.5. The molecule has 0 fully saturated rings. The third-order valence-corrected chi connectivity index (χ3v) is 5.78. The average Bonchev–Trinajstić information content (AvgIpc) is 2.76. The van der Waals surface area contributed by atoms with Crippen molar-refractivity contribution in [3.05, 3.63) is 63.4 Å². The summed E-state index contributed by atoms with van der Waals surface area (Å²) in [6.45, 7) is 3.60. The predicted molar refractivity (Wildman–Crippen MR) is 120 cm³/mol. The van der Waals surface area contributed by atoms with E-state index in [9.17, 15) is 9.59 Å². The van der Waals surface area contributed by atoms with E-state index in [-0.39, 0.29) is 17.1 Å². The largest absolute Gasteiger partial charge is 0.495 e. The molecule has 0 amide bonds. The van der Waals surface area contributed by atoms with Crippen molar-refractivity contribution < 1.29 is 14.3 Å². The second kappa shape index (κ2) is 10.6. The van der Waals surface area contributed by atoms with E-state index in [4.69, 9.17) is 21.1 Å². The maximum atomic E-state index is 13.0.